The molecule has 5 nitrogen and oxygen atoms in total. The van der Waals surface area contributed by atoms with Gasteiger partial charge in [0.25, 0.3) is 0 Å². The Morgan fingerprint density at radius 3 is 2.17 bits per heavy atom. The summed E-state index contributed by atoms with van der Waals surface area (Å²) in [4.78, 5) is 8.92. The Balaban J connectivity index is 1.69. The molecule has 6 heteroatoms. The lowest BCUT2D eigenvalue weighted by molar-refractivity contribution is 0.233. The van der Waals surface area contributed by atoms with Crippen LogP contribution in [0.3, 0.4) is 0 Å². The number of benzene rings is 1. The van der Waals surface area contributed by atoms with Crippen LogP contribution in [0, 0.1) is 0 Å². The van der Waals surface area contributed by atoms with E-state index >= 15 is 0 Å². The lowest BCUT2D eigenvalue weighted by Crippen LogP contribution is -2.07. The monoisotopic (exact) mass is 421 g/mol. The molecular formula is C24H24ClN3O2. The van der Waals surface area contributed by atoms with Gasteiger partial charge in [-0.2, -0.15) is 0 Å². The molecule has 4 aromatic rings. The number of hydrogen-bond donors (Lipinski definition) is 0. The van der Waals surface area contributed by atoms with Crippen LogP contribution in [0.15, 0.2) is 61.1 Å². The zero-order chi connectivity index (χ0) is 21.3. The average molecular weight is 422 g/mol. The molecule has 4 rings (SSSR count). The maximum absolute atomic E-state index is 6.38. The van der Waals surface area contributed by atoms with Crippen molar-refractivity contribution in [2.24, 2.45) is 0 Å². The summed E-state index contributed by atoms with van der Waals surface area (Å²) < 4.78 is 13.4. The molecule has 0 aliphatic heterocycles. The third kappa shape index (κ3) is 4.26. The van der Waals surface area contributed by atoms with Crippen molar-refractivity contribution in [3.05, 3.63) is 66.1 Å². The molecule has 30 heavy (non-hydrogen) atoms. The molecule has 0 N–H and O–H groups in total. The van der Waals surface area contributed by atoms with Crippen molar-refractivity contribution >= 4 is 17.2 Å². The van der Waals surface area contributed by atoms with Crippen molar-refractivity contribution in [2.75, 3.05) is 0 Å². The number of nitrogens with zero attached hydrogens (tertiary/aromatic N) is 3. The first-order chi connectivity index (χ1) is 14.4. The number of ether oxygens (including phenoxy) is 2. The van der Waals surface area contributed by atoms with Crippen LogP contribution in [-0.2, 0) is 0 Å². The van der Waals surface area contributed by atoms with Crippen LogP contribution in [0.1, 0.15) is 27.7 Å². The van der Waals surface area contributed by atoms with Crippen molar-refractivity contribution in [2.45, 2.75) is 39.9 Å². The molecule has 0 atom stereocenters. The summed E-state index contributed by atoms with van der Waals surface area (Å²) in [5.74, 6) is 1.30. The van der Waals surface area contributed by atoms with Gasteiger partial charge in [-0.15, -0.1) is 0 Å². The topological polar surface area (TPSA) is 48.7 Å². The van der Waals surface area contributed by atoms with Crippen LogP contribution in [0.4, 0.5) is 0 Å². The fourth-order valence-electron chi connectivity index (χ4n) is 3.23. The van der Waals surface area contributed by atoms with E-state index in [0.29, 0.717) is 10.9 Å². The Kier molecular flexibility index (Phi) is 5.64. The minimum atomic E-state index is 0.0167. The van der Waals surface area contributed by atoms with Gasteiger partial charge in [-0.1, -0.05) is 11.6 Å². The van der Waals surface area contributed by atoms with Crippen LogP contribution in [0.2, 0.25) is 5.02 Å². The molecule has 3 aromatic heterocycles. The molecule has 0 bridgehead atoms. The van der Waals surface area contributed by atoms with Gasteiger partial charge in [0.05, 0.1) is 24.1 Å². The number of halogens is 1. The van der Waals surface area contributed by atoms with Crippen molar-refractivity contribution in [1.29, 1.82) is 0 Å². The second-order valence-corrected chi connectivity index (χ2v) is 8.07. The predicted octanol–water partition coefficient (Wildman–Crippen LogP) is 6.29. The molecule has 0 unspecified atom stereocenters. The van der Waals surface area contributed by atoms with Gasteiger partial charge < -0.3 is 9.47 Å². The molecule has 0 amide bonds. The summed E-state index contributed by atoms with van der Waals surface area (Å²) in [5.41, 5.74) is 4.84. The maximum atomic E-state index is 6.38. The molecule has 0 spiro atoms. The predicted molar refractivity (Wildman–Crippen MR) is 120 cm³/mol. The highest BCUT2D eigenvalue weighted by molar-refractivity contribution is 6.32. The number of fused-ring (bicyclic) bond motifs is 1. The quantitative estimate of drug-likeness (QED) is 0.367. The van der Waals surface area contributed by atoms with E-state index < -0.39 is 0 Å². The van der Waals surface area contributed by atoms with Gasteiger partial charge in [0.2, 0.25) is 5.88 Å². The maximum Gasteiger partial charge on any atom is 0.232 e. The van der Waals surface area contributed by atoms with Crippen molar-refractivity contribution < 1.29 is 9.47 Å². The molecule has 0 aliphatic carbocycles. The third-order valence-electron chi connectivity index (χ3n) is 4.52. The molecule has 0 saturated heterocycles. The fraction of sp³-hybridized carbons (Fsp3) is 0.250. The summed E-state index contributed by atoms with van der Waals surface area (Å²) in [5, 5.41) is 0.493. The van der Waals surface area contributed by atoms with Crippen molar-refractivity contribution in [1.82, 2.24) is 14.4 Å². The van der Waals surface area contributed by atoms with E-state index in [1.54, 1.807) is 6.20 Å². The first-order valence-electron chi connectivity index (χ1n) is 9.97. The highest BCUT2D eigenvalue weighted by Gasteiger charge is 2.11. The SMILES string of the molecule is CC(C)Oc1ccc(-c2cnc3ccc(-c4cnc(OC(C)C)c(Cl)c4)cn23)cc1. The Morgan fingerprint density at radius 1 is 0.800 bits per heavy atom. The largest absolute Gasteiger partial charge is 0.491 e. The molecular weight excluding hydrogens is 398 g/mol. The lowest BCUT2D eigenvalue weighted by Gasteiger charge is -2.12. The smallest absolute Gasteiger partial charge is 0.232 e. The van der Waals surface area contributed by atoms with Gasteiger partial charge in [0.1, 0.15) is 16.4 Å². The van der Waals surface area contributed by atoms with Crippen molar-refractivity contribution in [3.8, 4) is 34.0 Å². The first-order valence-corrected chi connectivity index (χ1v) is 10.4. The zero-order valence-corrected chi connectivity index (χ0v) is 18.2. The second-order valence-electron chi connectivity index (χ2n) is 7.66. The number of aromatic nitrogens is 3. The highest BCUT2D eigenvalue weighted by Crippen LogP contribution is 2.30. The normalized spacial score (nSPS) is 11.4. The highest BCUT2D eigenvalue weighted by atomic mass is 35.5. The number of hydrogen-bond acceptors (Lipinski definition) is 4. The lowest BCUT2D eigenvalue weighted by atomic mass is 10.1. The molecule has 3 heterocycles. The Morgan fingerprint density at radius 2 is 1.50 bits per heavy atom. The second kappa shape index (κ2) is 8.36. The van der Waals surface area contributed by atoms with Gasteiger partial charge >= 0.3 is 0 Å². The van der Waals surface area contributed by atoms with Crippen LogP contribution in [0.25, 0.3) is 28.0 Å². The molecule has 154 valence electrons. The standard InChI is InChI=1S/C24H24ClN3O2/c1-15(2)29-20-8-5-17(6-9-20)22-13-26-23-10-7-18(14-28(22)23)19-11-21(25)24(27-12-19)30-16(3)4/h5-16H,1-4H3. The number of pyridine rings is 2. The average Bonchev–Trinajstić information content (AvgIpc) is 3.12. The molecule has 0 fully saturated rings. The van der Waals surface area contributed by atoms with Gasteiger partial charge in [-0.25, -0.2) is 9.97 Å². The van der Waals surface area contributed by atoms with Crippen LogP contribution in [-0.4, -0.2) is 26.6 Å². The van der Waals surface area contributed by atoms with E-state index in [1.165, 1.54) is 0 Å². The molecule has 0 radical (unpaired) electrons. The Labute approximate surface area is 181 Å². The Bertz CT molecular complexity index is 1170. The van der Waals surface area contributed by atoms with Crippen molar-refractivity contribution in [3.63, 3.8) is 0 Å². The summed E-state index contributed by atoms with van der Waals surface area (Å²) in [6.07, 6.45) is 5.86. The molecule has 0 aliphatic rings. The van der Waals surface area contributed by atoms with E-state index in [2.05, 4.69) is 14.4 Å². The molecule has 0 saturated carbocycles. The summed E-state index contributed by atoms with van der Waals surface area (Å²) in [6, 6.07) is 13.9. The number of imidazole rings is 1. The van der Waals surface area contributed by atoms with Gasteiger partial charge in [-0.05, 0) is 70.2 Å². The van der Waals surface area contributed by atoms with Gasteiger partial charge in [0, 0.05) is 29.1 Å². The van der Waals surface area contributed by atoms with E-state index in [0.717, 1.165) is 33.8 Å². The Hall–Kier alpha value is -3.05. The zero-order valence-electron chi connectivity index (χ0n) is 17.5. The van der Waals surface area contributed by atoms with Gasteiger partial charge in [0.15, 0.2) is 0 Å². The summed E-state index contributed by atoms with van der Waals surface area (Å²) in [7, 11) is 0. The van der Waals surface area contributed by atoms with E-state index in [-0.39, 0.29) is 12.2 Å². The minimum absolute atomic E-state index is 0.0167. The third-order valence-corrected chi connectivity index (χ3v) is 4.79. The van der Waals surface area contributed by atoms with Crippen LogP contribution >= 0.6 is 11.6 Å². The van der Waals surface area contributed by atoms with Gasteiger partial charge in [-0.3, -0.25) is 4.40 Å². The van der Waals surface area contributed by atoms with Crippen LogP contribution in [0.5, 0.6) is 11.6 Å². The molecule has 1 aromatic carbocycles. The number of rotatable bonds is 6. The first kappa shape index (κ1) is 20.2. The van der Waals surface area contributed by atoms with E-state index in [4.69, 9.17) is 21.1 Å². The van der Waals surface area contributed by atoms with Crippen LogP contribution < -0.4 is 9.47 Å². The minimum Gasteiger partial charge on any atom is -0.491 e. The van der Waals surface area contributed by atoms with E-state index in [1.807, 2.05) is 82.6 Å². The summed E-state index contributed by atoms with van der Waals surface area (Å²) >= 11 is 6.38. The fourth-order valence-corrected chi connectivity index (χ4v) is 3.45. The van der Waals surface area contributed by atoms with E-state index in [9.17, 15) is 0 Å². The summed E-state index contributed by atoms with van der Waals surface area (Å²) in [6.45, 7) is 7.93.